The Morgan fingerprint density at radius 3 is 2.70 bits per heavy atom. The SMILES string of the molecule is CCC1CNC(C)(c2ccccc2)CN1C(C)COC. The van der Waals surface area contributed by atoms with Crippen molar-refractivity contribution in [3.05, 3.63) is 35.9 Å². The summed E-state index contributed by atoms with van der Waals surface area (Å²) in [6, 6.07) is 11.8. The molecule has 3 heteroatoms. The number of piperazine rings is 1. The van der Waals surface area contributed by atoms with E-state index in [1.807, 2.05) is 0 Å². The molecule has 0 saturated carbocycles. The van der Waals surface area contributed by atoms with Gasteiger partial charge in [0.25, 0.3) is 0 Å². The van der Waals surface area contributed by atoms with E-state index in [-0.39, 0.29) is 5.54 Å². The van der Waals surface area contributed by atoms with Gasteiger partial charge in [0.15, 0.2) is 0 Å². The summed E-state index contributed by atoms with van der Waals surface area (Å²) in [5, 5.41) is 3.76. The molecule has 1 fully saturated rings. The third-order valence-electron chi connectivity index (χ3n) is 4.55. The van der Waals surface area contributed by atoms with Crippen LogP contribution in [-0.2, 0) is 10.3 Å². The molecule has 112 valence electrons. The molecule has 1 aliphatic rings. The topological polar surface area (TPSA) is 24.5 Å². The fourth-order valence-electron chi connectivity index (χ4n) is 3.24. The van der Waals surface area contributed by atoms with Crippen LogP contribution in [0.15, 0.2) is 30.3 Å². The van der Waals surface area contributed by atoms with Gasteiger partial charge in [-0.1, -0.05) is 37.3 Å². The molecule has 0 amide bonds. The maximum absolute atomic E-state index is 5.36. The number of rotatable bonds is 5. The van der Waals surface area contributed by atoms with E-state index in [1.165, 1.54) is 12.0 Å². The first-order valence-electron chi connectivity index (χ1n) is 7.66. The van der Waals surface area contributed by atoms with E-state index in [0.29, 0.717) is 12.1 Å². The lowest BCUT2D eigenvalue weighted by molar-refractivity contribution is 0.0166. The Morgan fingerprint density at radius 2 is 2.10 bits per heavy atom. The van der Waals surface area contributed by atoms with Crippen LogP contribution < -0.4 is 5.32 Å². The Hall–Kier alpha value is -0.900. The Kier molecular flexibility index (Phi) is 5.19. The van der Waals surface area contributed by atoms with Gasteiger partial charge in [-0.2, -0.15) is 0 Å². The van der Waals surface area contributed by atoms with Crippen LogP contribution in [0.3, 0.4) is 0 Å². The average molecular weight is 276 g/mol. The molecule has 1 N–H and O–H groups in total. The summed E-state index contributed by atoms with van der Waals surface area (Å²) in [6.45, 7) is 9.70. The second kappa shape index (κ2) is 6.70. The van der Waals surface area contributed by atoms with Gasteiger partial charge in [0.1, 0.15) is 0 Å². The van der Waals surface area contributed by atoms with Gasteiger partial charge in [0.05, 0.1) is 12.1 Å². The molecule has 20 heavy (non-hydrogen) atoms. The van der Waals surface area contributed by atoms with Crippen molar-refractivity contribution in [2.24, 2.45) is 0 Å². The molecule has 1 aliphatic heterocycles. The first kappa shape index (κ1) is 15.5. The van der Waals surface area contributed by atoms with Gasteiger partial charge in [-0.25, -0.2) is 0 Å². The standard InChI is InChI=1S/C17H28N2O/c1-5-16-11-18-17(3,15-9-7-6-8-10-15)13-19(16)14(2)12-20-4/h6-10,14,16,18H,5,11-13H2,1-4H3. The normalized spacial score (nSPS) is 29.3. The minimum Gasteiger partial charge on any atom is -0.383 e. The van der Waals surface area contributed by atoms with Crippen molar-refractivity contribution in [1.29, 1.82) is 0 Å². The van der Waals surface area contributed by atoms with Crippen LogP contribution in [0.2, 0.25) is 0 Å². The molecule has 3 atom stereocenters. The van der Waals surface area contributed by atoms with Gasteiger partial charge in [-0.05, 0) is 25.8 Å². The zero-order chi connectivity index (χ0) is 14.6. The summed E-state index contributed by atoms with van der Waals surface area (Å²) in [5.74, 6) is 0. The summed E-state index contributed by atoms with van der Waals surface area (Å²) < 4.78 is 5.36. The molecule has 0 spiro atoms. The number of methoxy groups -OCH3 is 1. The number of ether oxygens (including phenoxy) is 1. The van der Waals surface area contributed by atoms with Crippen molar-refractivity contribution < 1.29 is 4.74 Å². The molecule has 0 aromatic heterocycles. The van der Waals surface area contributed by atoms with Crippen LogP contribution in [0.25, 0.3) is 0 Å². The number of benzene rings is 1. The highest BCUT2D eigenvalue weighted by Crippen LogP contribution is 2.28. The predicted octanol–water partition coefficient (Wildman–Crippen LogP) is 2.62. The Balaban J connectivity index is 2.18. The maximum Gasteiger partial charge on any atom is 0.0615 e. The molecule has 1 aromatic carbocycles. The lowest BCUT2D eigenvalue weighted by atomic mass is 9.87. The summed E-state index contributed by atoms with van der Waals surface area (Å²) >= 11 is 0. The lowest BCUT2D eigenvalue weighted by Crippen LogP contribution is -2.63. The second-order valence-electron chi connectivity index (χ2n) is 6.12. The molecular weight excluding hydrogens is 248 g/mol. The van der Waals surface area contributed by atoms with Gasteiger partial charge in [-0.3, -0.25) is 4.90 Å². The maximum atomic E-state index is 5.36. The first-order chi connectivity index (χ1) is 9.60. The smallest absolute Gasteiger partial charge is 0.0615 e. The third kappa shape index (κ3) is 3.22. The highest BCUT2D eigenvalue weighted by molar-refractivity contribution is 5.25. The molecular formula is C17H28N2O. The molecule has 1 heterocycles. The average Bonchev–Trinajstić information content (AvgIpc) is 2.48. The van der Waals surface area contributed by atoms with Crippen molar-refractivity contribution >= 4 is 0 Å². The summed E-state index contributed by atoms with van der Waals surface area (Å²) in [6.07, 6.45) is 1.17. The van der Waals surface area contributed by atoms with Crippen molar-refractivity contribution in [3.8, 4) is 0 Å². The fraction of sp³-hybridized carbons (Fsp3) is 0.647. The monoisotopic (exact) mass is 276 g/mol. The Bertz CT molecular complexity index is 409. The minimum atomic E-state index is 0.0227. The van der Waals surface area contributed by atoms with Crippen molar-refractivity contribution in [2.45, 2.75) is 44.8 Å². The number of hydrogen-bond donors (Lipinski definition) is 1. The molecule has 1 aromatic rings. The van der Waals surface area contributed by atoms with Gasteiger partial charge in [0, 0.05) is 32.3 Å². The van der Waals surface area contributed by atoms with Crippen LogP contribution in [0.1, 0.15) is 32.8 Å². The third-order valence-corrected chi connectivity index (χ3v) is 4.55. The Labute approximate surface area is 123 Å². The van der Waals surface area contributed by atoms with E-state index in [0.717, 1.165) is 19.7 Å². The quantitative estimate of drug-likeness (QED) is 0.895. The molecule has 0 radical (unpaired) electrons. The van der Waals surface area contributed by atoms with Gasteiger partial charge in [0.2, 0.25) is 0 Å². The van der Waals surface area contributed by atoms with E-state index in [4.69, 9.17) is 4.74 Å². The molecule has 1 saturated heterocycles. The van der Waals surface area contributed by atoms with Crippen LogP contribution in [0, 0.1) is 0 Å². The summed E-state index contributed by atoms with van der Waals surface area (Å²) in [7, 11) is 1.79. The zero-order valence-corrected chi connectivity index (χ0v) is 13.2. The molecule has 3 unspecified atom stereocenters. The molecule has 0 bridgehead atoms. The molecule has 0 aliphatic carbocycles. The second-order valence-corrected chi connectivity index (χ2v) is 6.12. The van der Waals surface area contributed by atoms with E-state index < -0.39 is 0 Å². The number of nitrogens with zero attached hydrogens (tertiary/aromatic N) is 1. The number of nitrogens with one attached hydrogen (secondary N) is 1. The number of hydrogen-bond acceptors (Lipinski definition) is 3. The van der Waals surface area contributed by atoms with E-state index >= 15 is 0 Å². The first-order valence-corrected chi connectivity index (χ1v) is 7.66. The largest absolute Gasteiger partial charge is 0.383 e. The van der Waals surface area contributed by atoms with Gasteiger partial charge in [-0.15, -0.1) is 0 Å². The van der Waals surface area contributed by atoms with Crippen LogP contribution in [0.4, 0.5) is 0 Å². The summed E-state index contributed by atoms with van der Waals surface area (Å²) in [4.78, 5) is 2.60. The van der Waals surface area contributed by atoms with E-state index in [2.05, 4.69) is 61.3 Å². The highest BCUT2D eigenvalue weighted by Gasteiger charge is 2.38. The fourth-order valence-corrected chi connectivity index (χ4v) is 3.24. The van der Waals surface area contributed by atoms with E-state index in [1.54, 1.807) is 7.11 Å². The molecule has 2 rings (SSSR count). The highest BCUT2D eigenvalue weighted by atomic mass is 16.5. The lowest BCUT2D eigenvalue weighted by Gasteiger charge is -2.48. The van der Waals surface area contributed by atoms with Crippen molar-refractivity contribution in [3.63, 3.8) is 0 Å². The van der Waals surface area contributed by atoms with E-state index in [9.17, 15) is 0 Å². The van der Waals surface area contributed by atoms with Crippen molar-refractivity contribution in [1.82, 2.24) is 10.2 Å². The Morgan fingerprint density at radius 1 is 1.40 bits per heavy atom. The summed E-state index contributed by atoms with van der Waals surface area (Å²) in [5.41, 5.74) is 1.39. The van der Waals surface area contributed by atoms with Crippen LogP contribution in [-0.4, -0.2) is 43.8 Å². The van der Waals surface area contributed by atoms with Crippen molar-refractivity contribution in [2.75, 3.05) is 26.8 Å². The van der Waals surface area contributed by atoms with Gasteiger partial charge < -0.3 is 10.1 Å². The van der Waals surface area contributed by atoms with Crippen LogP contribution in [0.5, 0.6) is 0 Å². The molecule has 3 nitrogen and oxygen atoms in total. The van der Waals surface area contributed by atoms with Crippen LogP contribution >= 0.6 is 0 Å². The minimum absolute atomic E-state index is 0.0227. The van der Waals surface area contributed by atoms with Gasteiger partial charge >= 0.3 is 0 Å². The zero-order valence-electron chi connectivity index (χ0n) is 13.2. The predicted molar refractivity (Wildman–Crippen MR) is 83.9 cm³/mol.